The second-order valence-corrected chi connectivity index (χ2v) is 12.7. The van der Waals surface area contributed by atoms with Crippen LogP contribution in [0.5, 0.6) is 5.75 Å². The molecule has 5 rings (SSSR count). The van der Waals surface area contributed by atoms with Crippen molar-refractivity contribution in [2.24, 2.45) is 0 Å². The van der Waals surface area contributed by atoms with E-state index in [1.54, 1.807) is 72.4 Å². The fourth-order valence-corrected chi connectivity index (χ4v) is 6.56. The highest BCUT2D eigenvalue weighted by molar-refractivity contribution is 7.92. The summed E-state index contributed by atoms with van der Waals surface area (Å²) in [6.45, 7) is 3.13. The van der Waals surface area contributed by atoms with Gasteiger partial charge in [0.2, 0.25) is 0 Å². The lowest BCUT2D eigenvalue weighted by molar-refractivity contribution is 0.0827. The van der Waals surface area contributed by atoms with Gasteiger partial charge >= 0.3 is 6.03 Å². The van der Waals surface area contributed by atoms with E-state index in [0.29, 0.717) is 41.9 Å². The number of ether oxygens (including phenoxy) is 1. The Morgan fingerprint density at radius 2 is 1.62 bits per heavy atom. The van der Waals surface area contributed by atoms with Crippen molar-refractivity contribution < 1.29 is 26.9 Å². The van der Waals surface area contributed by atoms with Crippen LogP contribution in [0.15, 0.2) is 95.9 Å². The molecule has 3 amide bonds. The van der Waals surface area contributed by atoms with Gasteiger partial charge in [-0.15, -0.1) is 0 Å². The largest absolute Gasteiger partial charge is 0.495 e. The molecular weight excluding hydrogens is 588 g/mol. The minimum Gasteiger partial charge on any atom is -0.495 e. The Labute approximate surface area is 269 Å². The van der Waals surface area contributed by atoms with E-state index in [-0.39, 0.29) is 23.4 Å². The van der Waals surface area contributed by atoms with Crippen molar-refractivity contribution in [1.29, 1.82) is 0 Å². The number of hydrogen-bond donors (Lipinski definition) is 1. The van der Waals surface area contributed by atoms with Gasteiger partial charge in [0.1, 0.15) is 10.6 Å². The zero-order valence-corrected chi connectivity index (χ0v) is 26.3. The molecule has 10 heteroatoms. The van der Waals surface area contributed by atoms with Crippen LogP contribution in [0.2, 0.25) is 0 Å². The molecule has 1 saturated heterocycles. The highest BCUT2D eigenvalue weighted by Gasteiger charge is 2.28. The maximum Gasteiger partial charge on any atom is 0.328 e. The number of nitrogens with one attached hydrogen (secondary N) is 1. The maximum atomic E-state index is 13.9. The summed E-state index contributed by atoms with van der Waals surface area (Å²) in [4.78, 5) is 30.5. The maximum absolute atomic E-state index is 13.9. The van der Waals surface area contributed by atoms with E-state index >= 15 is 0 Å². The van der Waals surface area contributed by atoms with Crippen LogP contribution in [0.25, 0.3) is 11.1 Å². The third-order valence-corrected chi connectivity index (χ3v) is 9.02. The lowest BCUT2D eigenvalue weighted by atomic mass is 10.0. The Morgan fingerprint density at radius 1 is 0.911 bits per heavy atom. The molecule has 0 saturated carbocycles. The number of amides is 3. The first-order chi connectivity index (χ1) is 22.8. The summed E-state index contributed by atoms with van der Waals surface area (Å²) in [7, 11) is -4.08. The summed E-state index contributed by atoms with van der Waals surface area (Å²) in [5, 5.41) is 0. The minimum atomic E-state index is -4.42. The van der Waals surface area contributed by atoms with Crippen molar-refractivity contribution >= 4 is 39.0 Å². The van der Waals surface area contributed by atoms with Gasteiger partial charge in [0.05, 0.1) is 16.8 Å². The van der Waals surface area contributed by atoms with Crippen molar-refractivity contribution in [3.63, 3.8) is 0 Å². The van der Waals surface area contributed by atoms with Crippen molar-refractivity contribution in [2.75, 3.05) is 48.7 Å². The lowest BCUT2D eigenvalue weighted by Gasteiger charge is -2.36. The van der Waals surface area contributed by atoms with Gasteiger partial charge in [-0.05, 0) is 84.1 Å². The summed E-state index contributed by atoms with van der Waals surface area (Å²) in [6.07, 6.45) is 2.70. The number of hydrogen-bond acceptors (Lipinski definition) is 5. The van der Waals surface area contributed by atoms with E-state index in [4.69, 9.17) is 8.85 Å². The molecule has 1 heterocycles. The molecule has 1 aliphatic rings. The number of carbonyl (C=O) groups excluding carboxylic acids is 2. The molecule has 4 aromatic rings. The van der Waals surface area contributed by atoms with Gasteiger partial charge < -0.3 is 9.64 Å². The SMILES string of the molecule is [2H]C([2H])([2H])Oc1ccc(-c2cccc(C(=O)N(C)C)c2)cc1S(=O)(=O)Nc1cccc(N2CCCN(c3ccc(CCC)cc3)C2=O)c1. The predicted molar refractivity (Wildman–Crippen MR) is 179 cm³/mol. The second kappa shape index (κ2) is 13.4. The Kier molecular flexibility index (Phi) is 8.27. The van der Waals surface area contributed by atoms with Crippen LogP contribution >= 0.6 is 0 Å². The topological polar surface area (TPSA) is 99.3 Å². The predicted octanol–water partition coefficient (Wildman–Crippen LogP) is 6.65. The van der Waals surface area contributed by atoms with Crippen LogP contribution in [0.1, 0.15) is 39.8 Å². The quantitative estimate of drug-likeness (QED) is 0.212. The van der Waals surface area contributed by atoms with Gasteiger partial charge in [0.25, 0.3) is 15.9 Å². The van der Waals surface area contributed by atoms with E-state index < -0.39 is 22.0 Å². The number of anilines is 3. The third-order valence-electron chi connectivity index (χ3n) is 7.61. The van der Waals surface area contributed by atoms with E-state index in [2.05, 4.69) is 11.6 Å². The highest BCUT2D eigenvalue weighted by Crippen LogP contribution is 2.33. The Hall–Kier alpha value is -4.83. The number of carbonyl (C=O) groups is 2. The first-order valence-electron chi connectivity index (χ1n) is 16.2. The number of rotatable bonds is 10. The van der Waals surface area contributed by atoms with Crippen LogP contribution in [0.3, 0.4) is 0 Å². The number of urea groups is 1. The molecule has 1 fully saturated rings. The van der Waals surface area contributed by atoms with Gasteiger partial charge in [-0.2, -0.15) is 0 Å². The number of sulfonamides is 1. The molecule has 0 spiro atoms. The Morgan fingerprint density at radius 3 is 2.33 bits per heavy atom. The van der Waals surface area contributed by atoms with Crippen molar-refractivity contribution in [2.45, 2.75) is 31.1 Å². The number of nitrogens with zero attached hydrogens (tertiary/aromatic N) is 3. The normalized spacial score (nSPS) is 14.7. The van der Waals surface area contributed by atoms with Crippen molar-refractivity contribution in [3.8, 4) is 16.9 Å². The van der Waals surface area contributed by atoms with Crippen LogP contribution in [-0.4, -0.2) is 59.5 Å². The fraction of sp³-hybridized carbons (Fsp3) is 0.257. The van der Waals surface area contributed by atoms with E-state index in [0.717, 1.165) is 18.5 Å². The fourth-order valence-electron chi connectivity index (χ4n) is 5.35. The molecule has 9 nitrogen and oxygen atoms in total. The molecule has 1 N–H and O–H groups in total. The minimum absolute atomic E-state index is 0.171. The Bertz CT molecular complexity index is 1910. The van der Waals surface area contributed by atoms with Gasteiger partial charge in [0.15, 0.2) is 0 Å². The van der Waals surface area contributed by atoms with Crippen LogP contribution in [0.4, 0.5) is 21.9 Å². The summed E-state index contributed by atoms with van der Waals surface area (Å²) < 4.78 is 58.3. The molecule has 0 bridgehead atoms. The molecule has 0 atom stereocenters. The molecule has 4 aromatic carbocycles. The first-order valence-corrected chi connectivity index (χ1v) is 16.2. The average molecular weight is 630 g/mol. The monoisotopic (exact) mass is 629 g/mol. The summed E-state index contributed by atoms with van der Waals surface area (Å²) in [6, 6.07) is 25.0. The van der Waals surface area contributed by atoms with E-state index in [1.165, 1.54) is 28.7 Å². The lowest BCUT2D eigenvalue weighted by Crippen LogP contribution is -2.49. The highest BCUT2D eigenvalue weighted by atomic mass is 32.2. The van der Waals surface area contributed by atoms with E-state index in [1.807, 2.05) is 24.3 Å². The average Bonchev–Trinajstić information content (AvgIpc) is 3.04. The third kappa shape index (κ3) is 6.96. The molecule has 0 aliphatic carbocycles. The van der Waals surface area contributed by atoms with Crippen molar-refractivity contribution in [1.82, 2.24) is 4.90 Å². The number of aryl methyl sites for hydroxylation is 1. The molecule has 45 heavy (non-hydrogen) atoms. The molecule has 0 aromatic heterocycles. The smallest absolute Gasteiger partial charge is 0.328 e. The van der Waals surface area contributed by atoms with Gasteiger partial charge in [-0.25, -0.2) is 13.2 Å². The summed E-state index contributed by atoms with van der Waals surface area (Å²) in [5.74, 6) is -0.594. The number of benzene rings is 4. The van der Waals surface area contributed by atoms with Crippen LogP contribution in [0, 0.1) is 0 Å². The number of methoxy groups -OCH3 is 1. The molecular formula is C35H38N4O5S. The zero-order valence-electron chi connectivity index (χ0n) is 28.5. The standard InChI is InChI=1S/C35H38N4O5S/c1-5-9-25-14-17-30(18-15-25)38-20-8-21-39(35(38)41)31-13-7-12-29(24-31)36-45(42,43)33-23-27(16-19-32(33)44-4)26-10-6-11-28(22-26)34(40)37(2)3/h6-7,10-19,22-24,36H,5,8-9,20-21H2,1-4H3/i4D3. The van der Waals surface area contributed by atoms with Crippen LogP contribution in [-0.2, 0) is 16.4 Å². The van der Waals surface area contributed by atoms with Gasteiger partial charge in [-0.3, -0.25) is 19.3 Å². The molecule has 234 valence electrons. The van der Waals surface area contributed by atoms with Crippen molar-refractivity contribution in [3.05, 3.63) is 102 Å². The summed E-state index contributed by atoms with van der Waals surface area (Å²) >= 11 is 0. The zero-order chi connectivity index (χ0) is 34.6. The molecule has 0 unspecified atom stereocenters. The first kappa shape index (κ1) is 27.7. The Balaban J connectivity index is 1.44. The second-order valence-electron chi connectivity index (χ2n) is 11.1. The molecule has 0 radical (unpaired) electrons. The molecule has 1 aliphatic heterocycles. The van der Waals surface area contributed by atoms with Gasteiger partial charge in [-0.1, -0.05) is 49.7 Å². The van der Waals surface area contributed by atoms with E-state index in [9.17, 15) is 18.0 Å². The van der Waals surface area contributed by atoms with Crippen LogP contribution < -0.4 is 19.3 Å². The summed E-state index contributed by atoms with van der Waals surface area (Å²) in [5.41, 5.74) is 4.05. The van der Waals surface area contributed by atoms with Gasteiger partial charge in [0, 0.05) is 44.1 Å².